The van der Waals surface area contributed by atoms with Crippen molar-refractivity contribution >= 4 is 0 Å². The second-order valence-corrected chi connectivity index (χ2v) is 3.66. The van der Waals surface area contributed by atoms with Crippen LogP contribution in [0.15, 0.2) is 0 Å². The number of rotatable bonds is 5. The van der Waals surface area contributed by atoms with Gasteiger partial charge in [0.1, 0.15) is 0 Å². The molecule has 0 bridgehead atoms. The lowest BCUT2D eigenvalue weighted by Gasteiger charge is -2.05. The molecule has 0 saturated carbocycles. The molecule has 1 nitrogen and oxygen atoms in total. The van der Waals surface area contributed by atoms with Crippen LogP contribution in [0.25, 0.3) is 0 Å². The molecule has 0 heterocycles. The van der Waals surface area contributed by atoms with Crippen molar-refractivity contribution < 1.29 is 0 Å². The summed E-state index contributed by atoms with van der Waals surface area (Å²) in [6.45, 7) is 6.62. The Morgan fingerprint density at radius 1 is 1.00 bits per heavy atom. The summed E-state index contributed by atoms with van der Waals surface area (Å²) in [4.78, 5) is 0. The van der Waals surface area contributed by atoms with Gasteiger partial charge in [0.05, 0.1) is 0 Å². The molecular formula is C9H21N. The summed E-state index contributed by atoms with van der Waals surface area (Å²) >= 11 is 0. The molecule has 0 aliphatic rings. The van der Waals surface area contributed by atoms with E-state index >= 15 is 0 Å². The Morgan fingerprint density at radius 2 is 1.50 bits per heavy atom. The van der Waals surface area contributed by atoms with Crippen molar-refractivity contribution in [2.45, 2.75) is 52.5 Å². The van der Waals surface area contributed by atoms with Crippen LogP contribution in [0, 0.1) is 5.92 Å². The lowest BCUT2D eigenvalue weighted by atomic mass is 10.0. The zero-order valence-electron chi connectivity index (χ0n) is 7.56. The van der Waals surface area contributed by atoms with E-state index in [1.165, 1.54) is 25.7 Å². The molecule has 0 radical (unpaired) electrons. The summed E-state index contributed by atoms with van der Waals surface area (Å²) < 4.78 is 0. The minimum absolute atomic E-state index is 0.396. The maximum absolute atomic E-state index is 5.61. The molecule has 2 N–H and O–H groups in total. The van der Waals surface area contributed by atoms with Crippen LogP contribution in [0.5, 0.6) is 0 Å². The van der Waals surface area contributed by atoms with Crippen molar-refractivity contribution in [3.63, 3.8) is 0 Å². The largest absolute Gasteiger partial charge is 0.328 e. The van der Waals surface area contributed by atoms with Gasteiger partial charge >= 0.3 is 0 Å². The van der Waals surface area contributed by atoms with Crippen molar-refractivity contribution in [2.75, 3.05) is 0 Å². The van der Waals surface area contributed by atoms with Gasteiger partial charge in [-0.2, -0.15) is 0 Å². The minimum atomic E-state index is 0.396. The van der Waals surface area contributed by atoms with Crippen LogP contribution in [-0.4, -0.2) is 6.04 Å². The van der Waals surface area contributed by atoms with E-state index < -0.39 is 0 Å². The van der Waals surface area contributed by atoms with Gasteiger partial charge in [-0.25, -0.2) is 0 Å². The lowest BCUT2D eigenvalue weighted by molar-refractivity contribution is 0.508. The molecule has 0 aromatic heterocycles. The Bertz CT molecular complexity index is 57.1. The Morgan fingerprint density at radius 3 is 1.90 bits per heavy atom. The van der Waals surface area contributed by atoms with Gasteiger partial charge in [-0.1, -0.05) is 33.1 Å². The van der Waals surface area contributed by atoms with Crippen LogP contribution >= 0.6 is 0 Å². The Hall–Kier alpha value is -0.0400. The average molecular weight is 143 g/mol. The van der Waals surface area contributed by atoms with Gasteiger partial charge in [0.25, 0.3) is 0 Å². The average Bonchev–Trinajstić information content (AvgIpc) is 1.79. The highest BCUT2D eigenvalue weighted by atomic mass is 14.6. The monoisotopic (exact) mass is 143 g/mol. The molecule has 1 unspecified atom stereocenters. The second kappa shape index (κ2) is 5.72. The number of nitrogens with two attached hydrogens (primary N) is 1. The third kappa shape index (κ3) is 7.96. The van der Waals surface area contributed by atoms with E-state index in [1.54, 1.807) is 0 Å². The van der Waals surface area contributed by atoms with E-state index in [2.05, 4.69) is 20.8 Å². The summed E-state index contributed by atoms with van der Waals surface area (Å²) in [6.07, 6.45) is 5.19. The SMILES string of the molecule is CC(C)CCCCC(C)N. The van der Waals surface area contributed by atoms with E-state index in [4.69, 9.17) is 5.73 Å². The van der Waals surface area contributed by atoms with E-state index in [0.717, 1.165) is 5.92 Å². The normalized spacial score (nSPS) is 14.1. The first-order valence-electron chi connectivity index (χ1n) is 4.38. The molecular weight excluding hydrogens is 122 g/mol. The molecule has 0 amide bonds. The molecule has 0 saturated heterocycles. The molecule has 0 aromatic rings. The number of unbranched alkanes of at least 4 members (excludes halogenated alkanes) is 1. The maximum atomic E-state index is 5.61. The smallest absolute Gasteiger partial charge is 0.00104 e. The first kappa shape index (κ1) is 9.96. The predicted octanol–water partition coefficient (Wildman–Crippen LogP) is 2.55. The molecule has 0 aliphatic carbocycles. The Balaban J connectivity index is 2.91. The first-order chi connectivity index (χ1) is 4.63. The third-order valence-corrected chi connectivity index (χ3v) is 1.69. The number of hydrogen-bond acceptors (Lipinski definition) is 1. The zero-order valence-corrected chi connectivity index (χ0v) is 7.56. The molecule has 0 aliphatic heterocycles. The van der Waals surface area contributed by atoms with Gasteiger partial charge < -0.3 is 5.73 Å². The van der Waals surface area contributed by atoms with Gasteiger partial charge in [0.15, 0.2) is 0 Å². The van der Waals surface area contributed by atoms with Crippen LogP contribution < -0.4 is 5.73 Å². The van der Waals surface area contributed by atoms with Gasteiger partial charge in [0, 0.05) is 6.04 Å². The van der Waals surface area contributed by atoms with Crippen molar-refractivity contribution in [2.24, 2.45) is 11.7 Å². The maximum Gasteiger partial charge on any atom is 0.00104 e. The molecule has 0 aromatic carbocycles. The van der Waals surface area contributed by atoms with Crippen LogP contribution in [0.4, 0.5) is 0 Å². The topological polar surface area (TPSA) is 26.0 Å². The van der Waals surface area contributed by atoms with Gasteiger partial charge in [-0.3, -0.25) is 0 Å². The molecule has 0 fully saturated rings. The van der Waals surface area contributed by atoms with Gasteiger partial charge in [-0.05, 0) is 19.3 Å². The highest BCUT2D eigenvalue weighted by molar-refractivity contribution is 4.54. The van der Waals surface area contributed by atoms with Gasteiger partial charge in [0.2, 0.25) is 0 Å². The summed E-state index contributed by atoms with van der Waals surface area (Å²) in [7, 11) is 0. The first-order valence-corrected chi connectivity index (χ1v) is 4.38. The van der Waals surface area contributed by atoms with E-state index in [9.17, 15) is 0 Å². The summed E-state index contributed by atoms with van der Waals surface area (Å²) in [5, 5.41) is 0. The minimum Gasteiger partial charge on any atom is -0.328 e. The van der Waals surface area contributed by atoms with Crippen LogP contribution in [0.2, 0.25) is 0 Å². The molecule has 1 heteroatoms. The van der Waals surface area contributed by atoms with Crippen molar-refractivity contribution in [1.82, 2.24) is 0 Å². The molecule has 62 valence electrons. The molecule has 1 atom stereocenters. The lowest BCUT2D eigenvalue weighted by Crippen LogP contribution is -2.13. The third-order valence-electron chi connectivity index (χ3n) is 1.69. The van der Waals surface area contributed by atoms with Crippen molar-refractivity contribution in [3.05, 3.63) is 0 Å². The summed E-state index contributed by atoms with van der Waals surface area (Å²) in [6, 6.07) is 0.396. The predicted molar refractivity (Wildman–Crippen MR) is 47.0 cm³/mol. The van der Waals surface area contributed by atoms with Crippen LogP contribution in [0.3, 0.4) is 0 Å². The summed E-state index contributed by atoms with van der Waals surface area (Å²) in [5.41, 5.74) is 5.61. The van der Waals surface area contributed by atoms with Crippen molar-refractivity contribution in [3.8, 4) is 0 Å². The summed E-state index contributed by atoms with van der Waals surface area (Å²) in [5.74, 6) is 0.855. The van der Waals surface area contributed by atoms with Crippen LogP contribution in [-0.2, 0) is 0 Å². The van der Waals surface area contributed by atoms with E-state index in [1.807, 2.05) is 0 Å². The quantitative estimate of drug-likeness (QED) is 0.588. The molecule has 0 spiro atoms. The van der Waals surface area contributed by atoms with Crippen molar-refractivity contribution in [1.29, 1.82) is 0 Å². The fourth-order valence-corrected chi connectivity index (χ4v) is 1.02. The highest BCUT2D eigenvalue weighted by Gasteiger charge is 1.96. The second-order valence-electron chi connectivity index (χ2n) is 3.66. The zero-order chi connectivity index (χ0) is 7.98. The van der Waals surface area contributed by atoms with Crippen LogP contribution in [0.1, 0.15) is 46.5 Å². The standard InChI is InChI=1S/C9H21N/c1-8(2)6-4-5-7-9(3)10/h8-9H,4-7,10H2,1-3H3. The van der Waals surface area contributed by atoms with Gasteiger partial charge in [-0.15, -0.1) is 0 Å². The fraction of sp³-hybridized carbons (Fsp3) is 1.00. The number of hydrogen-bond donors (Lipinski definition) is 1. The Labute approximate surface area is 65.0 Å². The van der Waals surface area contributed by atoms with E-state index in [-0.39, 0.29) is 0 Å². The van der Waals surface area contributed by atoms with E-state index in [0.29, 0.717) is 6.04 Å². The fourth-order valence-electron chi connectivity index (χ4n) is 1.02. The Kier molecular flexibility index (Phi) is 5.70. The highest BCUT2D eigenvalue weighted by Crippen LogP contribution is 2.08. The molecule has 0 rings (SSSR count). The molecule has 10 heavy (non-hydrogen) atoms.